The van der Waals surface area contributed by atoms with Gasteiger partial charge in [-0.05, 0) is 92.1 Å². The molecule has 6 rings (SSSR count). The molecule has 6 aromatic rings. The second-order valence-electron chi connectivity index (χ2n) is 16.4. The summed E-state index contributed by atoms with van der Waals surface area (Å²) < 4.78 is 6.12. The SMILES string of the molecule is CCC(C)(CC)C(=O)/C=C(\O)C(C)(CC)CC.Cc1cccc(C)c1-c1cc(-c2[c-]cc3oc4cccc(C)c4c3c2)nc2ccc([Si](C)(C)C)cc12.[Ir]. The first-order chi connectivity index (χ1) is 25.0. The normalized spacial score (nSPS) is 12.5. The number of aromatic nitrogens is 1. The Bertz CT molecular complexity index is 2300. The summed E-state index contributed by atoms with van der Waals surface area (Å²) in [4.78, 5) is 17.3. The van der Waals surface area contributed by atoms with Crippen LogP contribution < -0.4 is 5.19 Å². The van der Waals surface area contributed by atoms with E-state index < -0.39 is 8.07 Å². The third-order valence-corrected chi connectivity index (χ3v) is 14.0. The third-order valence-electron chi connectivity index (χ3n) is 11.9. The maximum absolute atomic E-state index is 12.2. The molecule has 1 radical (unpaired) electrons. The molecular weight excluding hydrogens is 859 g/mol. The standard InChI is InChI=1S/C33H30NOSi.C15H28O2.Ir/c1-20-9-7-10-21(2)32(20)26-19-29(34-28-15-14-24(18-25(26)28)36(4,5)6)23-13-16-30-27(17-23)33-22(3)11-8-12-31(33)35-30;1-7-14(5,8-2)12(16)11-13(17)15(6,9-3)10-4;/h7-12,14-19H,1-6H3;11,16H,7-10H2,1-6H3;/q-1;;/b;12-11-;. The van der Waals surface area contributed by atoms with Gasteiger partial charge in [0.2, 0.25) is 0 Å². The van der Waals surface area contributed by atoms with E-state index in [2.05, 4.69) is 101 Å². The summed E-state index contributed by atoms with van der Waals surface area (Å²) in [5.74, 6) is 0.286. The van der Waals surface area contributed by atoms with Crippen molar-refractivity contribution >= 4 is 51.9 Å². The molecule has 0 saturated carbocycles. The first kappa shape index (κ1) is 42.9. The molecule has 1 N–H and O–H groups in total. The maximum Gasteiger partial charge on any atom is 0.164 e. The summed E-state index contributed by atoms with van der Waals surface area (Å²) in [6.07, 6.45) is 4.75. The molecule has 54 heavy (non-hydrogen) atoms. The van der Waals surface area contributed by atoms with E-state index in [1.54, 1.807) is 0 Å². The largest absolute Gasteiger partial charge is 0.512 e. The molecule has 0 fully saturated rings. The summed E-state index contributed by atoms with van der Waals surface area (Å²) in [5.41, 5.74) is 10.4. The van der Waals surface area contributed by atoms with E-state index in [9.17, 15) is 9.90 Å². The number of aliphatic hydroxyl groups is 1. The van der Waals surface area contributed by atoms with Gasteiger partial charge in [-0.25, -0.2) is 0 Å². The molecule has 0 unspecified atom stereocenters. The molecule has 4 aromatic carbocycles. The zero-order valence-electron chi connectivity index (χ0n) is 34.4. The van der Waals surface area contributed by atoms with Gasteiger partial charge in [-0.2, -0.15) is 0 Å². The van der Waals surface area contributed by atoms with E-state index in [-0.39, 0.29) is 42.5 Å². The van der Waals surface area contributed by atoms with E-state index in [1.807, 2.05) is 59.7 Å². The van der Waals surface area contributed by atoms with Gasteiger partial charge in [0.15, 0.2) is 5.78 Å². The van der Waals surface area contributed by atoms with Crippen molar-refractivity contribution in [2.75, 3.05) is 0 Å². The van der Waals surface area contributed by atoms with E-state index in [0.717, 1.165) is 59.0 Å². The number of hydrogen-bond acceptors (Lipinski definition) is 4. The zero-order chi connectivity index (χ0) is 38.9. The van der Waals surface area contributed by atoms with Crippen molar-refractivity contribution in [3.8, 4) is 22.4 Å². The maximum atomic E-state index is 12.2. The molecule has 2 aromatic heterocycles. The van der Waals surface area contributed by atoms with Gasteiger partial charge in [0.05, 0.1) is 19.2 Å². The van der Waals surface area contributed by atoms with Crippen LogP contribution in [0, 0.1) is 37.7 Å². The van der Waals surface area contributed by atoms with Crippen molar-refractivity contribution in [2.24, 2.45) is 10.8 Å². The second-order valence-corrected chi connectivity index (χ2v) is 21.5. The van der Waals surface area contributed by atoms with Gasteiger partial charge in [-0.3, -0.25) is 9.78 Å². The molecule has 0 amide bonds. The number of carbonyl (C=O) groups excluding carboxylic acids is 1. The third kappa shape index (κ3) is 8.52. The fraction of sp³-hybridized carbons (Fsp3) is 0.375. The van der Waals surface area contributed by atoms with Gasteiger partial charge in [0.1, 0.15) is 11.3 Å². The Morgan fingerprint density at radius 3 is 1.98 bits per heavy atom. The van der Waals surface area contributed by atoms with Crippen molar-refractivity contribution in [3.05, 3.63) is 107 Å². The van der Waals surface area contributed by atoms with Crippen LogP contribution in [-0.2, 0) is 24.9 Å². The monoisotopic (exact) mass is 917 g/mol. The van der Waals surface area contributed by atoms with Gasteiger partial charge in [-0.15, -0.1) is 23.8 Å². The second kappa shape index (κ2) is 16.9. The summed E-state index contributed by atoms with van der Waals surface area (Å²) in [7, 11) is -1.48. The Kier molecular flexibility index (Phi) is 13.4. The summed E-state index contributed by atoms with van der Waals surface area (Å²) in [5, 5.41) is 15.1. The molecule has 0 aliphatic heterocycles. The van der Waals surface area contributed by atoms with Crippen LogP contribution in [-0.4, -0.2) is 23.9 Å². The smallest absolute Gasteiger partial charge is 0.164 e. The predicted molar refractivity (Wildman–Crippen MR) is 229 cm³/mol. The number of hydrogen-bond donors (Lipinski definition) is 1. The zero-order valence-corrected chi connectivity index (χ0v) is 37.8. The van der Waals surface area contributed by atoms with Crippen molar-refractivity contribution < 1.29 is 34.4 Å². The fourth-order valence-electron chi connectivity index (χ4n) is 7.06. The quantitative estimate of drug-likeness (QED) is 0.0644. The van der Waals surface area contributed by atoms with Crippen LogP contribution in [0.3, 0.4) is 0 Å². The van der Waals surface area contributed by atoms with E-state index >= 15 is 0 Å². The van der Waals surface area contributed by atoms with Crippen molar-refractivity contribution in [1.29, 1.82) is 0 Å². The molecule has 0 spiro atoms. The minimum absolute atomic E-state index is 0. The van der Waals surface area contributed by atoms with Gasteiger partial charge in [-0.1, -0.05) is 120 Å². The minimum Gasteiger partial charge on any atom is -0.512 e. The first-order valence-electron chi connectivity index (χ1n) is 19.3. The fourth-order valence-corrected chi connectivity index (χ4v) is 8.22. The summed E-state index contributed by atoms with van der Waals surface area (Å²) in [6, 6.07) is 29.5. The van der Waals surface area contributed by atoms with Crippen LogP contribution in [0.5, 0.6) is 0 Å². The van der Waals surface area contributed by atoms with Crippen molar-refractivity contribution in [1.82, 2.24) is 4.98 Å². The Balaban J connectivity index is 0.000000309. The van der Waals surface area contributed by atoms with Gasteiger partial charge in [0, 0.05) is 47.8 Å². The Morgan fingerprint density at radius 2 is 1.39 bits per heavy atom. The molecule has 2 heterocycles. The number of rotatable bonds is 10. The first-order valence-corrected chi connectivity index (χ1v) is 22.8. The van der Waals surface area contributed by atoms with Crippen LogP contribution in [0.4, 0.5) is 0 Å². The van der Waals surface area contributed by atoms with Crippen LogP contribution in [0.25, 0.3) is 55.2 Å². The number of furan rings is 1. The number of carbonyl (C=O) groups is 1. The van der Waals surface area contributed by atoms with Crippen LogP contribution in [0.15, 0.2) is 89.0 Å². The number of fused-ring (bicyclic) bond motifs is 4. The molecular formula is C48H58IrNO3Si-. The van der Waals surface area contributed by atoms with Crippen LogP contribution in [0.2, 0.25) is 19.6 Å². The molecule has 4 nitrogen and oxygen atoms in total. The number of nitrogens with zero attached hydrogens (tertiary/aromatic N) is 1. The summed E-state index contributed by atoms with van der Waals surface area (Å²) >= 11 is 0. The molecule has 0 aliphatic rings. The van der Waals surface area contributed by atoms with E-state index in [1.165, 1.54) is 49.9 Å². The van der Waals surface area contributed by atoms with Crippen LogP contribution in [0.1, 0.15) is 83.9 Å². The minimum atomic E-state index is -1.48. The molecule has 0 aliphatic carbocycles. The van der Waals surface area contributed by atoms with Gasteiger partial charge >= 0.3 is 0 Å². The Hall–Kier alpha value is -3.83. The van der Waals surface area contributed by atoms with Crippen molar-refractivity contribution in [2.45, 2.75) is 108 Å². The number of ketones is 1. The molecule has 0 bridgehead atoms. The number of aryl methyl sites for hydroxylation is 3. The van der Waals surface area contributed by atoms with Crippen LogP contribution >= 0.6 is 0 Å². The summed E-state index contributed by atoms with van der Waals surface area (Å²) in [6.45, 7) is 25.8. The Morgan fingerprint density at radius 1 is 0.796 bits per heavy atom. The van der Waals surface area contributed by atoms with E-state index in [0.29, 0.717) is 0 Å². The molecule has 0 atom stereocenters. The van der Waals surface area contributed by atoms with Gasteiger partial charge < -0.3 is 9.52 Å². The number of allylic oxidation sites excluding steroid dienone is 2. The number of aliphatic hydroxyl groups excluding tert-OH is 1. The average molecular weight is 917 g/mol. The number of benzene rings is 4. The molecule has 6 heteroatoms. The molecule has 0 saturated heterocycles. The van der Waals surface area contributed by atoms with E-state index in [4.69, 9.17) is 9.40 Å². The predicted octanol–water partition coefficient (Wildman–Crippen LogP) is 13.4. The van der Waals surface area contributed by atoms with Gasteiger partial charge in [0.25, 0.3) is 0 Å². The Labute approximate surface area is 337 Å². The average Bonchev–Trinajstić information content (AvgIpc) is 3.52. The van der Waals surface area contributed by atoms with Crippen molar-refractivity contribution in [3.63, 3.8) is 0 Å². The topological polar surface area (TPSA) is 63.3 Å². The number of pyridine rings is 1. The molecule has 287 valence electrons.